The highest BCUT2D eigenvalue weighted by Gasteiger charge is 2.35. The lowest BCUT2D eigenvalue weighted by Gasteiger charge is -2.33. The number of aryl methyl sites for hydroxylation is 6. The van der Waals surface area contributed by atoms with Gasteiger partial charge >= 0.3 is 0 Å². The van der Waals surface area contributed by atoms with Gasteiger partial charge in [-0.15, -0.1) is 11.6 Å². The Bertz CT molecular complexity index is 1030. The first-order valence-corrected chi connectivity index (χ1v) is 11.6. The van der Waals surface area contributed by atoms with E-state index in [0.717, 1.165) is 24.5 Å². The summed E-state index contributed by atoms with van der Waals surface area (Å²) in [6, 6.07) is 9.05. The maximum Gasteiger partial charge on any atom is 0.118 e. The Balaban J connectivity index is 1.96. The second-order valence-corrected chi connectivity index (χ2v) is 9.72. The van der Waals surface area contributed by atoms with Crippen LogP contribution in [0.25, 0.3) is 0 Å². The number of hydrogen-bond acceptors (Lipinski definition) is 2. The summed E-state index contributed by atoms with van der Waals surface area (Å²) < 4.78 is 0. The third kappa shape index (κ3) is 3.92. The Hall–Kier alpha value is -2.16. The lowest BCUT2D eigenvalue weighted by atomic mass is 10.0. The number of halogens is 2. The molecule has 4 heteroatoms. The van der Waals surface area contributed by atoms with Gasteiger partial charge in [-0.3, -0.25) is 0 Å². The van der Waals surface area contributed by atoms with E-state index in [1.54, 1.807) is 0 Å². The van der Waals surface area contributed by atoms with E-state index in [-0.39, 0.29) is 5.38 Å². The van der Waals surface area contributed by atoms with Crippen molar-refractivity contribution in [3.63, 3.8) is 0 Å². The molecule has 0 saturated carbocycles. The van der Waals surface area contributed by atoms with Crippen molar-refractivity contribution < 1.29 is 0 Å². The van der Waals surface area contributed by atoms with Crippen LogP contribution in [-0.2, 0) is 0 Å². The maximum absolute atomic E-state index is 6.87. The van der Waals surface area contributed by atoms with Crippen molar-refractivity contribution in [3.05, 3.63) is 92.3 Å². The van der Waals surface area contributed by atoms with Crippen molar-refractivity contribution in [2.75, 3.05) is 22.9 Å². The predicted molar refractivity (Wildman–Crippen MR) is 136 cm³/mol. The molecule has 1 fully saturated rings. The van der Waals surface area contributed by atoms with Crippen LogP contribution in [0.4, 0.5) is 11.4 Å². The molecule has 1 saturated heterocycles. The van der Waals surface area contributed by atoms with Crippen molar-refractivity contribution in [1.29, 1.82) is 0 Å². The minimum Gasteiger partial charge on any atom is -0.325 e. The average molecular weight is 453 g/mol. The van der Waals surface area contributed by atoms with Crippen molar-refractivity contribution in [2.45, 2.75) is 46.9 Å². The highest BCUT2D eigenvalue weighted by molar-refractivity contribution is 6.39. The van der Waals surface area contributed by atoms with Gasteiger partial charge in [0.05, 0.1) is 5.38 Å². The van der Waals surface area contributed by atoms with E-state index in [1.165, 1.54) is 44.8 Å². The predicted octanol–water partition coefficient (Wildman–Crippen LogP) is 7.38. The Kier molecular flexibility index (Phi) is 5.98. The molecule has 2 aliphatic rings. The van der Waals surface area contributed by atoms with Crippen molar-refractivity contribution in [1.82, 2.24) is 0 Å². The van der Waals surface area contributed by atoms with Crippen LogP contribution in [0.2, 0.25) is 0 Å². The van der Waals surface area contributed by atoms with Crippen LogP contribution in [0.5, 0.6) is 0 Å². The van der Waals surface area contributed by atoms with Crippen LogP contribution >= 0.6 is 23.2 Å². The van der Waals surface area contributed by atoms with Gasteiger partial charge in [0.2, 0.25) is 0 Å². The van der Waals surface area contributed by atoms with E-state index in [4.69, 9.17) is 23.2 Å². The zero-order chi connectivity index (χ0) is 22.4. The minimum atomic E-state index is -0.359. The first-order chi connectivity index (χ1) is 14.7. The number of hydrogen-bond donors (Lipinski definition) is 0. The van der Waals surface area contributed by atoms with Gasteiger partial charge in [-0.05, 0) is 69.9 Å². The molecular weight excluding hydrogens is 423 g/mol. The van der Waals surface area contributed by atoms with E-state index in [9.17, 15) is 0 Å². The molecule has 1 aliphatic heterocycles. The molecule has 0 bridgehead atoms. The number of benzene rings is 2. The van der Waals surface area contributed by atoms with Gasteiger partial charge in [0.1, 0.15) is 5.82 Å². The molecular formula is C27H30Cl2N2. The van der Waals surface area contributed by atoms with Crippen LogP contribution in [0.15, 0.2) is 58.9 Å². The van der Waals surface area contributed by atoms with E-state index in [0.29, 0.717) is 5.03 Å². The fourth-order valence-electron chi connectivity index (χ4n) is 5.25. The fourth-order valence-corrected chi connectivity index (χ4v) is 5.68. The van der Waals surface area contributed by atoms with E-state index in [2.05, 4.69) is 81.7 Å². The Morgan fingerprint density at radius 3 is 1.58 bits per heavy atom. The van der Waals surface area contributed by atoms with Crippen LogP contribution < -0.4 is 9.80 Å². The van der Waals surface area contributed by atoms with E-state index in [1.807, 2.05) is 12.2 Å². The average Bonchev–Trinajstić information content (AvgIpc) is 3.06. The molecule has 1 atom stereocenters. The molecule has 0 N–H and O–H groups in total. The summed E-state index contributed by atoms with van der Waals surface area (Å²) >= 11 is 13.4. The SMILES string of the molecule is Cc1cc(C)c(N2CCN(c3c(C)cc(C)cc3C)C2=C2C=CC=C(Cl)C2Cl)c(C)c1. The third-order valence-electron chi connectivity index (χ3n) is 6.17. The number of anilines is 2. The highest BCUT2D eigenvalue weighted by Crippen LogP contribution is 2.42. The smallest absolute Gasteiger partial charge is 0.118 e. The molecule has 4 rings (SSSR count). The van der Waals surface area contributed by atoms with Crippen LogP contribution in [0, 0.1) is 41.5 Å². The summed E-state index contributed by atoms with van der Waals surface area (Å²) in [5.74, 6) is 1.13. The Morgan fingerprint density at radius 2 is 1.16 bits per heavy atom. The topological polar surface area (TPSA) is 6.48 Å². The normalized spacial score (nSPS) is 18.8. The standard InChI is InChI=1S/C27H30Cl2N2/c1-16-12-18(3)25(19(4)13-16)30-10-11-31(26-20(5)14-17(2)15-21(26)6)27(30)22-8-7-9-23(28)24(22)29/h7-9,12-15,24H,10-11H2,1-6H3. The third-order valence-corrected chi connectivity index (χ3v) is 7.10. The van der Waals surface area contributed by atoms with Crippen molar-refractivity contribution >= 4 is 34.6 Å². The summed E-state index contributed by atoms with van der Waals surface area (Å²) in [5, 5.41) is 0.301. The minimum absolute atomic E-state index is 0.359. The molecule has 2 nitrogen and oxygen atoms in total. The summed E-state index contributed by atoms with van der Waals surface area (Å²) in [6.45, 7) is 14.9. The molecule has 1 unspecified atom stereocenters. The van der Waals surface area contributed by atoms with Crippen molar-refractivity contribution in [2.24, 2.45) is 0 Å². The molecule has 2 aromatic rings. The molecule has 1 heterocycles. The van der Waals surface area contributed by atoms with E-state index < -0.39 is 0 Å². The zero-order valence-corrected chi connectivity index (χ0v) is 20.7. The second kappa shape index (κ2) is 8.41. The lowest BCUT2D eigenvalue weighted by molar-refractivity contribution is 1.00. The van der Waals surface area contributed by atoms with Gasteiger partial charge in [0, 0.05) is 35.1 Å². The van der Waals surface area contributed by atoms with Gasteiger partial charge in [-0.2, -0.15) is 0 Å². The highest BCUT2D eigenvalue weighted by atomic mass is 35.5. The molecule has 0 aromatic heterocycles. The zero-order valence-electron chi connectivity index (χ0n) is 19.2. The summed E-state index contributed by atoms with van der Waals surface area (Å²) in [4.78, 5) is 4.88. The Morgan fingerprint density at radius 1 is 0.742 bits per heavy atom. The summed E-state index contributed by atoms with van der Waals surface area (Å²) in [7, 11) is 0. The lowest BCUT2D eigenvalue weighted by Crippen LogP contribution is -2.29. The quantitative estimate of drug-likeness (QED) is 0.438. The molecule has 0 spiro atoms. The van der Waals surface area contributed by atoms with Crippen LogP contribution in [-0.4, -0.2) is 18.5 Å². The van der Waals surface area contributed by atoms with Gasteiger partial charge in [-0.1, -0.05) is 59.1 Å². The van der Waals surface area contributed by atoms with E-state index >= 15 is 0 Å². The number of nitrogens with zero attached hydrogens (tertiary/aromatic N) is 2. The largest absolute Gasteiger partial charge is 0.325 e. The molecule has 2 aromatic carbocycles. The van der Waals surface area contributed by atoms with Gasteiger partial charge in [-0.25, -0.2) is 0 Å². The molecule has 0 amide bonds. The summed E-state index contributed by atoms with van der Waals surface area (Å²) in [6.07, 6.45) is 6.00. The number of allylic oxidation sites excluding steroid dienone is 5. The first kappa shape index (κ1) is 22.0. The molecule has 162 valence electrons. The summed E-state index contributed by atoms with van der Waals surface area (Å²) in [5.41, 5.74) is 11.3. The van der Waals surface area contributed by atoms with Gasteiger partial charge < -0.3 is 9.80 Å². The number of rotatable bonds is 2. The molecule has 0 radical (unpaired) electrons. The van der Waals surface area contributed by atoms with Crippen LogP contribution in [0.3, 0.4) is 0 Å². The number of alkyl halides is 1. The molecule has 1 aliphatic carbocycles. The fraction of sp³-hybridized carbons (Fsp3) is 0.333. The van der Waals surface area contributed by atoms with Gasteiger partial charge in [0.25, 0.3) is 0 Å². The van der Waals surface area contributed by atoms with Crippen molar-refractivity contribution in [3.8, 4) is 0 Å². The van der Waals surface area contributed by atoms with Crippen LogP contribution in [0.1, 0.15) is 33.4 Å². The maximum atomic E-state index is 6.87. The monoisotopic (exact) mass is 452 g/mol. The first-order valence-electron chi connectivity index (χ1n) is 10.8. The Labute approximate surface area is 196 Å². The second-order valence-electron chi connectivity index (χ2n) is 8.85. The van der Waals surface area contributed by atoms with Gasteiger partial charge in [0.15, 0.2) is 0 Å². The molecule has 31 heavy (non-hydrogen) atoms.